The maximum atomic E-state index is 12.3. The third kappa shape index (κ3) is 4.44. The number of hydrogen-bond acceptors (Lipinski definition) is 2. The second-order valence-electron chi connectivity index (χ2n) is 5.72. The van der Waals surface area contributed by atoms with Crippen LogP contribution in [-0.4, -0.2) is 13.0 Å². The Hall–Kier alpha value is -3.14. The molecule has 0 saturated heterocycles. The van der Waals surface area contributed by atoms with Crippen molar-refractivity contribution in [3.05, 3.63) is 84.7 Å². The lowest BCUT2D eigenvalue weighted by atomic mass is 10.1. The first-order valence-electron chi connectivity index (χ1n) is 8.19. The SMILES string of the molecule is COc1ccccc1CNC(=O)C[n+]1cccc(-c2ccccc2)c1. The summed E-state index contributed by atoms with van der Waals surface area (Å²) in [6, 6.07) is 21.8. The average Bonchev–Trinajstić information content (AvgIpc) is 2.67. The van der Waals surface area contributed by atoms with E-state index in [1.807, 2.05) is 71.6 Å². The predicted molar refractivity (Wildman–Crippen MR) is 96.9 cm³/mol. The Balaban J connectivity index is 1.63. The summed E-state index contributed by atoms with van der Waals surface area (Å²) in [5, 5.41) is 2.94. The number of benzene rings is 2. The van der Waals surface area contributed by atoms with Crippen molar-refractivity contribution in [1.29, 1.82) is 0 Å². The van der Waals surface area contributed by atoms with Crippen LogP contribution in [-0.2, 0) is 17.9 Å². The summed E-state index contributed by atoms with van der Waals surface area (Å²) in [4.78, 5) is 12.3. The number of methoxy groups -OCH3 is 1. The fourth-order valence-electron chi connectivity index (χ4n) is 2.69. The van der Waals surface area contributed by atoms with Gasteiger partial charge in [0.15, 0.2) is 12.4 Å². The number of para-hydroxylation sites is 1. The van der Waals surface area contributed by atoms with E-state index in [0.29, 0.717) is 6.54 Å². The summed E-state index contributed by atoms with van der Waals surface area (Å²) < 4.78 is 7.19. The molecule has 25 heavy (non-hydrogen) atoms. The molecule has 0 fully saturated rings. The zero-order chi connectivity index (χ0) is 17.5. The first kappa shape index (κ1) is 16.7. The third-order valence-corrected chi connectivity index (χ3v) is 3.96. The largest absolute Gasteiger partial charge is 0.496 e. The van der Waals surface area contributed by atoms with Gasteiger partial charge in [0.25, 0.3) is 5.91 Å². The number of ether oxygens (including phenoxy) is 1. The highest BCUT2D eigenvalue weighted by molar-refractivity contribution is 5.74. The average molecular weight is 333 g/mol. The van der Waals surface area contributed by atoms with Crippen molar-refractivity contribution in [1.82, 2.24) is 5.32 Å². The zero-order valence-electron chi connectivity index (χ0n) is 14.2. The van der Waals surface area contributed by atoms with Gasteiger partial charge < -0.3 is 10.1 Å². The van der Waals surface area contributed by atoms with Gasteiger partial charge >= 0.3 is 0 Å². The molecule has 0 aliphatic rings. The molecule has 3 aromatic rings. The van der Waals surface area contributed by atoms with Crippen molar-refractivity contribution in [2.24, 2.45) is 0 Å². The minimum atomic E-state index is -0.0406. The van der Waals surface area contributed by atoms with Gasteiger partial charge in [0.2, 0.25) is 6.54 Å². The zero-order valence-corrected chi connectivity index (χ0v) is 14.2. The van der Waals surface area contributed by atoms with Crippen LogP contribution in [0.2, 0.25) is 0 Å². The van der Waals surface area contributed by atoms with Gasteiger partial charge in [-0.15, -0.1) is 0 Å². The number of carbonyl (C=O) groups is 1. The quantitative estimate of drug-likeness (QED) is 0.705. The van der Waals surface area contributed by atoms with Gasteiger partial charge in [0.1, 0.15) is 5.75 Å². The fourth-order valence-corrected chi connectivity index (χ4v) is 2.69. The van der Waals surface area contributed by atoms with Crippen LogP contribution in [0.4, 0.5) is 0 Å². The summed E-state index contributed by atoms with van der Waals surface area (Å²) in [5.74, 6) is 0.739. The van der Waals surface area contributed by atoms with Crippen LogP contribution in [0, 0.1) is 0 Å². The lowest BCUT2D eigenvalue weighted by molar-refractivity contribution is -0.684. The van der Waals surface area contributed by atoms with Crippen LogP contribution in [0.3, 0.4) is 0 Å². The fraction of sp³-hybridized carbons (Fsp3) is 0.143. The normalized spacial score (nSPS) is 10.3. The third-order valence-electron chi connectivity index (χ3n) is 3.96. The van der Waals surface area contributed by atoms with E-state index < -0.39 is 0 Å². The number of hydrogen-bond donors (Lipinski definition) is 1. The molecule has 0 saturated carbocycles. The van der Waals surface area contributed by atoms with Gasteiger partial charge in [-0.25, -0.2) is 0 Å². The van der Waals surface area contributed by atoms with Gasteiger partial charge in [-0.1, -0.05) is 48.5 Å². The maximum absolute atomic E-state index is 12.3. The molecule has 1 N–H and O–H groups in total. The van der Waals surface area contributed by atoms with E-state index in [0.717, 1.165) is 22.4 Å². The van der Waals surface area contributed by atoms with Crippen molar-refractivity contribution < 1.29 is 14.1 Å². The minimum Gasteiger partial charge on any atom is -0.496 e. The van der Waals surface area contributed by atoms with Crippen LogP contribution in [0.25, 0.3) is 11.1 Å². The molecule has 2 aromatic carbocycles. The molecule has 0 bridgehead atoms. The molecule has 0 radical (unpaired) electrons. The monoisotopic (exact) mass is 333 g/mol. The number of nitrogens with one attached hydrogen (secondary N) is 1. The Morgan fingerprint density at radius 2 is 1.68 bits per heavy atom. The molecular formula is C21H21N2O2+. The highest BCUT2D eigenvalue weighted by atomic mass is 16.5. The van der Waals surface area contributed by atoms with E-state index >= 15 is 0 Å². The smallest absolute Gasteiger partial charge is 0.286 e. The van der Waals surface area contributed by atoms with Crippen LogP contribution < -0.4 is 14.6 Å². The molecule has 1 amide bonds. The molecular weight excluding hydrogens is 312 g/mol. The number of pyridine rings is 1. The highest BCUT2D eigenvalue weighted by Gasteiger charge is 2.11. The van der Waals surface area contributed by atoms with Crippen molar-refractivity contribution in [2.45, 2.75) is 13.1 Å². The number of amides is 1. The van der Waals surface area contributed by atoms with E-state index in [1.54, 1.807) is 7.11 Å². The van der Waals surface area contributed by atoms with E-state index in [1.165, 1.54) is 0 Å². The molecule has 0 atom stereocenters. The van der Waals surface area contributed by atoms with Crippen LogP contribution in [0.1, 0.15) is 5.56 Å². The Morgan fingerprint density at radius 1 is 0.960 bits per heavy atom. The molecule has 0 unspecified atom stereocenters. The summed E-state index contributed by atoms with van der Waals surface area (Å²) in [5.41, 5.74) is 3.17. The molecule has 1 heterocycles. The molecule has 0 aliphatic carbocycles. The van der Waals surface area contributed by atoms with E-state index in [9.17, 15) is 4.79 Å². The summed E-state index contributed by atoms with van der Waals surface area (Å²) in [6.45, 7) is 0.720. The lowest BCUT2D eigenvalue weighted by Gasteiger charge is -2.08. The van der Waals surface area contributed by atoms with Gasteiger partial charge in [-0.2, -0.15) is 4.57 Å². The number of carbonyl (C=O) groups excluding carboxylic acids is 1. The van der Waals surface area contributed by atoms with Crippen molar-refractivity contribution in [3.8, 4) is 16.9 Å². The summed E-state index contributed by atoms with van der Waals surface area (Å²) >= 11 is 0. The molecule has 126 valence electrons. The van der Waals surface area contributed by atoms with E-state index in [-0.39, 0.29) is 12.5 Å². The number of aromatic nitrogens is 1. The Kier molecular flexibility index (Phi) is 5.42. The molecule has 4 heteroatoms. The highest BCUT2D eigenvalue weighted by Crippen LogP contribution is 2.17. The topological polar surface area (TPSA) is 42.2 Å². The Morgan fingerprint density at radius 3 is 2.48 bits per heavy atom. The first-order valence-corrected chi connectivity index (χ1v) is 8.19. The van der Waals surface area contributed by atoms with Crippen molar-refractivity contribution in [2.75, 3.05) is 7.11 Å². The molecule has 4 nitrogen and oxygen atoms in total. The number of nitrogens with zero attached hydrogens (tertiary/aromatic N) is 1. The van der Waals surface area contributed by atoms with Gasteiger partial charge in [-0.05, 0) is 17.7 Å². The Labute approximate surface area is 147 Å². The van der Waals surface area contributed by atoms with Gasteiger partial charge in [-0.3, -0.25) is 4.79 Å². The number of rotatable bonds is 6. The molecule has 3 rings (SSSR count). The first-order chi connectivity index (χ1) is 12.3. The molecule has 1 aromatic heterocycles. The van der Waals surface area contributed by atoms with Crippen LogP contribution in [0.5, 0.6) is 5.75 Å². The lowest BCUT2D eigenvalue weighted by Crippen LogP contribution is -2.42. The van der Waals surface area contributed by atoms with Gasteiger partial charge in [0.05, 0.1) is 7.11 Å². The van der Waals surface area contributed by atoms with E-state index in [2.05, 4.69) is 17.4 Å². The maximum Gasteiger partial charge on any atom is 0.286 e. The van der Waals surface area contributed by atoms with Crippen molar-refractivity contribution in [3.63, 3.8) is 0 Å². The van der Waals surface area contributed by atoms with Gasteiger partial charge in [0, 0.05) is 23.7 Å². The Bertz CT molecular complexity index is 847. The predicted octanol–water partition coefficient (Wildman–Crippen LogP) is 2.97. The standard InChI is InChI=1S/C21H20N2O2/c1-25-20-12-6-5-10-18(20)14-22-21(24)16-23-13-7-11-19(15-23)17-8-3-2-4-9-17/h2-13,15H,14,16H2,1H3/p+1. The second kappa shape index (κ2) is 8.11. The van der Waals surface area contributed by atoms with Crippen molar-refractivity contribution >= 4 is 5.91 Å². The van der Waals surface area contributed by atoms with E-state index in [4.69, 9.17) is 4.74 Å². The van der Waals surface area contributed by atoms with Crippen LogP contribution >= 0.6 is 0 Å². The van der Waals surface area contributed by atoms with Crippen LogP contribution in [0.15, 0.2) is 79.1 Å². The summed E-state index contributed by atoms with van der Waals surface area (Å²) in [6.07, 6.45) is 3.88. The second-order valence-corrected chi connectivity index (χ2v) is 5.72. The molecule has 0 spiro atoms. The molecule has 0 aliphatic heterocycles. The minimum absolute atomic E-state index is 0.0406. The summed E-state index contributed by atoms with van der Waals surface area (Å²) in [7, 11) is 1.63.